The van der Waals surface area contributed by atoms with E-state index in [1.54, 1.807) is 0 Å². The molecule has 1 aliphatic carbocycles. The molecule has 1 saturated carbocycles. The fourth-order valence-electron chi connectivity index (χ4n) is 1.95. The number of carbonyl (C=O) groups excluding carboxylic acids is 1. The van der Waals surface area contributed by atoms with Gasteiger partial charge < -0.3 is 4.90 Å². The zero-order valence-electron chi connectivity index (χ0n) is 7.63. The monoisotopic (exact) mass is 155 g/mol. The third-order valence-corrected chi connectivity index (χ3v) is 2.58. The highest BCUT2D eigenvalue weighted by molar-refractivity contribution is 5.85. The molecule has 2 bridgehead atoms. The van der Waals surface area contributed by atoms with Gasteiger partial charge in [0.05, 0.1) is 0 Å². The Balaban J connectivity index is 0.000000281. The number of rotatable bonds is 0. The predicted molar refractivity (Wildman–Crippen MR) is 45.5 cm³/mol. The molecule has 0 amide bonds. The van der Waals surface area contributed by atoms with Gasteiger partial charge in [-0.05, 0) is 13.5 Å². The van der Waals surface area contributed by atoms with Crippen molar-refractivity contribution in [3.8, 4) is 0 Å². The number of Topliss-reactive ketones (excluding diaryl/α,β-unsaturated/α-hetero) is 1. The smallest absolute Gasteiger partial charge is 0.138 e. The predicted octanol–water partition coefficient (Wildman–Crippen LogP) is 1.31. The van der Waals surface area contributed by atoms with Crippen molar-refractivity contribution in [2.75, 3.05) is 13.6 Å². The molecular weight excluding hydrogens is 138 g/mol. The average Bonchev–Trinajstić information content (AvgIpc) is 2.51. The summed E-state index contributed by atoms with van der Waals surface area (Å²) in [5, 5.41) is 0. The van der Waals surface area contributed by atoms with Crippen molar-refractivity contribution in [2.24, 2.45) is 5.92 Å². The number of ketones is 1. The highest BCUT2D eigenvalue weighted by Gasteiger charge is 2.41. The van der Waals surface area contributed by atoms with Crippen LogP contribution in [0.1, 0.15) is 26.7 Å². The van der Waals surface area contributed by atoms with Crippen LogP contribution in [-0.4, -0.2) is 30.3 Å². The van der Waals surface area contributed by atoms with Crippen molar-refractivity contribution in [3.05, 3.63) is 0 Å². The molecule has 0 N–H and O–H groups in total. The first-order valence-electron chi connectivity index (χ1n) is 4.50. The SMILES string of the molecule is CC.CN1CC2CC1CC2=O. The van der Waals surface area contributed by atoms with Crippen LogP contribution in [0.3, 0.4) is 0 Å². The number of carbonyl (C=O) groups is 1. The summed E-state index contributed by atoms with van der Waals surface area (Å²) in [5.74, 6) is 0.901. The molecule has 2 rings (SSSR count). The van der Waals surface area contributed by atoms with Crippen molar-refractivity contribution >= 4 is 5.78 Å². The summed E-state index contributed by atoms with van der Waals surface area (Å²) in [5.41, 5.74) is 0. The minimum atomic E-state index is 0.403. The number of piperidine rings is 1. The maximum absolute atomic E-state index is 11.0. The van der Waals surface area contributed by atoms with Gasteiger partial charge in [0.2, 0.25) is 0 Å². The second kappa shape index (κ2) is 3.35. The third kappa shape index (κ3) is 1.45. The molecule has 2 fully saturated rings. The van der Waals surface area contributed by atoms with Crippen LogP contribution in [0.2, 0.25) is 0 Å². The van der Waals surface area contributed by atoms with E-state index in [1.807, 2.05) is 13.8 Å². The van der Waals surface area contributed by atoms with E-state index in [4.69, 9.17) is 0 Å². The maximum Gasteiger partial charge on any atom is 0.138 e. The van der Waals surface area contributed by atoms with Crippen LogP contribution < -0.4 is 0 Å². The molecule has 0 aromatic heterocycles. The standard InChI is InChI=1S/C7H11NO.C2H6/c1-8-4-5-2-6(8)3-7(5)9;1-2/h5-6H,2-4H2,1H3;1-2H3. The second-order valence-corrected chi connectivity index (χ2v) is 3.20. The number of nitrogens with zero attached hydrogens (tertiary/aromatic N) is 1. The number of hydrogen-bond donors (Lipinski definition) is 0. The van der Waals surface area contributed by atoms with E-state index in [1.165, 1.54) is 0 Å². The Morgan fingerprint density at radius 1 is 1.45 bits per heavy atom. The first kappa shape index (κ1) is 8.72. The van der Waals surface area contributed by atoms with Gasteiger partial charge in [-0.2, -0.15) is 0 Å². The number of hydrogen-bond acceptors (Lipinski definition) is 2. The van der Waals surface area contributed by atoms with Crippen LogP contribution >= 0.6 is 0 Å². The van der Waals surface area contributed by atoms with Gasteiger partial charge in [0.25, 0.3) is 0 Å². The topological polar surface area (TPSA) is 20.3 Å². The molecule has 0 aromatic rings. The normalized spacial score (nSPS) is 35.4. The van der Waals surface area contributed by atoms with Gasteiger partial charge in [0, 0.05) is 24.9 Å². The molecule has 2 nitrogen and oxygen atoms in total. The summed E-state index contributed by atoms with van der Waals surface area (Å²) in [7, 11) is 2.11. The molecule has 2 heteroatoms. The summed E-state index contributed by atoms with van der Waals surface area (Å²) in [6.45, 7) is 5.02. The molecule has 1 heterocycles. The van der Waals surface area contributed by atoms with Crippen LogP contribution in [-0.2, 0) is 4.79 Å². The van der Waals surface area contributed by atoms with Crippen LogP contribution in [0.5, 0.6) is 0 Å². The molecule has 2 atom stereocenters. The highest BCUT2D eigenvalue weighted by Crippen LogP contribution is 2.33. The Hall–Kier alpha value is -0.370. The fourth-order valence-corrected chi connectivity index (χ4v) is 1.95. The van der Waals surface area contributed by atoms with Crippen LogP contribution in [0.15, 0.2) is 0 Å². The molecule has 2 unspecified atom stereocenters. The maximum atomic E-state index is 11.0. The minimum absolute atomic E-state index is 0.403. The Labute approximate surface area is 68.6 Å². The Kier molecular flexibility index (Phi) is 2.66. The van der Waals surface area contributed by atoms with Crippen molar-refractivity contribution in [1.29, 1.82) is 0 Å². The lowest BCUT2D eigenvalue weighted by Gasteiger charge is -2.20. The van der Waals surface area contributed by atoms with E-state index < -0.39 is 0 Å². The molecule has 2 aliphatic rings. The Morgan fingerprint density at radius 2 is 2.09 bits per heavy atom. The summed E-state index contributed by atoms with van der Waals surface area (Å²) in [6, 6.07) is 0.600. The number of likely N-dealkylation sites (tertiary alicyclic amines) is 1. The molecule has 0 aromatic carbocycles. The van der Waals surface area contributed by atoms with Crippen molar-refractivity contribution in [1.82, 2.24) is 4.90 Å². The van der Waals surface area contributed by atoms with Crippen LogP contribution in [0.4, 0.5) is 0 Å². The van der Waals surface area contributed by atoms with Crippen molar-refractivity contribution in [3.63, 3.8) is 0 Å². The molecule has 64 valence electrons. The van der Waals surface area contributed by atoms with E-state index in [-0.39, 0.29) is 0 Å². The van der Waals surface area contributed by atoms with Crippen LogP contribution in [0.25, 0.3) is 0 Å². The van der Waals surface area contributed by atoms with E-state index in [0.29, 0.717) is 17.7 Å². The molecular formula is C9H17NO. The van der Waals surface area contributed by atoms with Gasteiger partial charge in [0.15, 0.2) is 0 Å². The quantitative estimate of drug-likeness (QED) is 0.525. The zero-order valence-corrected chi connectivity index (χ0v) is 7.63. The van der Waals surface area contributed by atoms with E-state index in [9.17, 15) is 4.79 Å². The molecule has 1 saturated heterocycles. The first-order valence-corrected chi connectivity index (χ1v) is 4.50. The van der Waals surface area contributed by atoms with Gasteiger partial charge in [-0.1, -0.05) is 13.8 Å². The minimum Gasteiger partial charge on any atom is -0.302 e. The zero-order chi connectivity index (χ0) is 8.43. The van der Waals surface area contributed by atoms with Crippen molar-refractivity contribution in [2.45, 2.75) is 32.7 Å². The Morgan fingerprint density at radius 3 is 2.36 bits per heavy atom. The lowest BCUT2D eigenvalue weighted by atomic mass is 10.1. The number of fused-ring (bicyclic) bond motifs is 2. The first-order chi connectivity index (χ1) is 5.27. The second-order valence-electron chi connectivity index (χ2n) is 3.20. The Bertz CT molecular complexity index is 154. The van der Waals surface area contributed by atoms with Gasteiger partial charge >= 0.3 is 0 Å². The van der Waals surface area contributed by atoms with Gasteiger partial charge in [-0.25, -0.2) is 0 Å². The highest BCUT2D eigenvalue weighted by atomic mass is 16.1. The molecule has 0 radical (unpaired) electrons. The lowest BCUT2D eigenvalue weighted by molar-refractivity contribution is -0.122. The van der Waals surface area contributed by atoms with E-state index in [2.05, 4.69) is 11.9 Å². The van der Waals surface area contributed by atoms with E-state index in [0.717, 1.165) is 19.4 Å². The largest absolute Gasteiger partial charge is 0.302 e. The van der Waals surface area contributed by atoms with Crippen molar-refractivity contribution < 1.29 is 4.79 Å². The van der Waals surface area contributed by atoms with Gasteiger partial charge in [-0.15, -0.1) is 0 Å². The van der Waals surface area contributed by atoms with Gasteiger partial charge in [0.1, 0.15) is 5.78 Å². The summed E-state index contributed by atoms with van der Waals surface area (Å²) in [4.78, 5) is 13.3. The van der Waals surface area contributed by atoms with Gasteiger partial charge in [-0.3, -0.25) is 4.79 Å². The van der Waals surface area contributed by atoms with Crippen LogP contribution in [0, 0.1) is 5.92 Å². The fraction of sp³-hybridized carbons (Fsp3) is 0.889. The van der Waals surface area contributed by atoms with E-state index >= 15 is 0 Å². The average molecular weight is 155 g/mol. The summed E-state index contributed by atoms with van der Waals surface area (Å²) in [6.07, 6.45) is 1.95. The molecule has 0 spiro atoms. The molecule has 11 heavy (non-hydrogen) atoms. The summed E-state index contributed by atoms with van der Waals surface area (Å²) >= 11 is 0. The molecule has 1 aliphatic heterocycles. The summed E-state index contributed by atoms with van der Waals surface area (Å²) < 4.78 is 0. The third-order valence-electron chi connectivity index (χ3n) is 2.58. The lowest BCUT2D eigenvalue weighted by Crippen LogP contribution is -2.31.